The normalized spacial score (nSPS) is 27.5. The van der Waals surface area contributed by atoms with Gasteiger partial charge in [0.05, 0.1) is 0 Å². The van der Waals surface area contributed by atoms with Crippen molar-refractivity contribution in [1.82, 2.24) is 10.6 Å². The smallest absolute Gasteiger partial charge is 0.223 e. The zero-order valence-corrected chi connectivity index (χ0v) is 13.6. The van der Waals surface area contributed by atoms with Gasteiger partial charge in [-0.1, -0.05) is 0 Å². The minimum absolute atomic E-state index is 0. The van der Waals surface area contributed by atoms with E-state index in [0.29, 0.717) is 11.5 Å². The summed E-state index contributed by atoms with van der Waals surface area (Å²) < 4.78 is 5.43. The Balaban J connectivity index is 0.00000200. The Morgan fingerprint density at radius 2 is 2.20 bits per heavy atom. The van der Waals surface area contributed by atoms with Gasteiger partial charge in [0.15, 0.2) is 0 Å². The predicted molar refractivity (Wildman–Crippen MR) is 83.2 cm³/mol. The van der Waals surface area contributed by atoms with Crippen molar-refractivity contribution in [3.63, 3.8) is 0 Å². The van der Waals surface area contributed by atoms with Crippen LogP contribution < -0.4 is 10.6 Å². The fourth-order valence-electron chi connectivity index (χ4n) is 2.91. The number of amides is 1. The summed E-state index contributed by atoms with van der Waals surface area (Å²) in [6.07, 6.45) is 5.51. The Hall–Kier alpha value is -0.320. The van der Waals surface area contributed by atoms with E-state index in [9.17, 15) is 4.79 Å². The van der Waals surface area contributed by atoms with Crippen LogP contribution in [0.4, 0.5) is 0 Å². The molecule has 1 aliphatic carbocycles. The summed E-state index contributed by atoms with van der Waals surface area (Å²) in [5, 5.41) is 6.57. The summed E-state index contributed by atoms with van der Waals surface area (Å²) in [5.74, 6) is 0.468. The third-order valence-electron chi connectivity index (χ3n) is 4.57. The lowest BCUT2D eigenvalue weighted by Gasteiger charge is -2.27. The van der Waals surface area contributed by atoms with Gasteiger partial charge in [0, 0.05) is 31.7 Å². The standard InChI is InChI=1S/C15H28N2O2.ClH/c1-3-19-9-7-15(5-6-15)11-17-14(18)13-4-8-16-12(2)10-13;/h12-13,16H,3-11H2,1-2H3,(H,17,18);1H/t12-,13-;/m0./s1. The monoisotopic (exact) mass is 304 g/mol. The summed E-state index contributed by atoms with van der Waals surface area (Å²) in [5.41, 5.74) is 0.351. The third kappa shape index (κ3) is 5.23. The number of carbonyl (C=O) groups excluding carboxylic acids is 1. The highest BCUT2D eigenvalue weighted by Gasteiger charge is 2.42. The number of nitrogens with one attached hydrogen (secondary N) is 2. The van der Waals surface area contributed by atoms with E-state index < -0.39 is 0 Å². The molecule has 4 nitrogen and oxygen atoms in total. The molecule has 118 valence electrons. The van der Waals surface area contributed by atoms with Crippen molar-refractivity contribution < 1.29 is 9.53 Å². The molecule has 1 aliphatic heterocycles. The number of piperidine rings is 1. The van der Waals surface area contributed by atoms with E-state index in [1.807, 2.05) is 6.92 Å². The van der Waals surface area contributed by atoms with E-state index in [1.54, 1.807) is 0 Å². The van der Waals surface area contributed by atoms with Gasteiger partial charge in [-0.05, 0) is 57.9 Å². The molecule has 2 aliphatic rings. The first-order chi connectivity index (χ1) is 9.15. The summed E-state index contributed by atoms with van der Waals surface area (Å²) in [6, 6.07) is 0.470. The van der Waals surface area contributed by atoms with E-state index in [2.05, 4.69) is 17.6 Å². The molecule has 0 unspecified atom stereocenters. The van der Waals surface area contributed by atoms with Crippen molar-refractivity contribution in [3.05, 3.63) is 0 Å². The number of hydrogen-bond donors (Lipinski definition) is 2. The Morgan fingerprint density at radius 3 is 2.80 bits per heavy atom. The molecule has 2 rings (SSSR count). The van der Waals surface area contributed by atoms with Crippen LogP contribution in [0.3, 0.4) is 0 Å². The molecule has 2 fully saturated rings. The highest BCUT2D eigenvalue weighted by Crippen LogP contribution is 2.48. The molecule has 1 saturated carbocycles. The van der Waals surface area contributed by atoms with Crippen molar-refractivity contribution in [2.45, 2.75) is 52.0 Å². The largest absolute Gasteiger partial charge is 0.382 e. The van der Waals surface area contributed by atoms with Crippen molar-refractivity contribution in [2.75, 3.05) is 26.3 Å². The van der Waals surface area contributed by atoms with Crippen molar-refractivity contribution in [3.8, 4) is 0 Å². The maximum atomic E-state index is 12.2. The zero-order chi connectivity index (χ0) is 13.7. The Labute approximate surface area is 128 Å². The Bertz CT molecular complexity index is 308. The van der Waals surface area contributed by atoms with Crippen LogP contribution in [0.2, 0.25) is 0 Å². The molecule has 0 spiro atoms. The van der Waals surface area contributed by atoms with Gasteiger partial charge in [-0.25, -0.2) is 0 Å². The van der Waals surface area contributed by atoms with E-state index in [-0.39, 0.29) is 24.2 Å². The average Bonchev–Trinajstić information content (AvgIpc) is 3.17. The summed E-state index contributed by atoms with van der Waals surface area (Å²) in [4.78, 5) is 12.2. The first-order valence-electron chi connectivity index (χ1n) is 7.74. The Kier molecular flexibility index (Phi) is 7.27. The van der Waals surface area contributed by atoms with E-state index in [0.717, 1.165) is 45.6 Å². The van der Waals surface area contributed by atoms with Gasteiger partial charge >= 0.3 is 0 Å². The maximum absolute atomic E-state index is 12.2. The van der Waals surface area contributed by atoms with Gasteiger partial charge in [0.25, 0.3) is 0 Å². The number of ether oxygens (including phenoxy) is 1. The van der Waals surface area contributed by atoms with Crippen LogP contribution in [0.1, 0.15) is 46.0 Å². The first kappa shape index (κ1) is 17.7. The minimum atomic E-state index is 0. The fourth-order valence-corrected chi connectivity index (χ4v) is 2.91. The third-order valence-corrected chi connectivity index (χ3v) is 4.57. The maximum Gasteiger partial charge on any atom is 0.223 e. The summed E-state index contributed by atoms with van der Waals surface area (Å²) in [6.45, 7) is 7.61. The van der Waals surface area contributed by atoms with E-state index in [4.69, 9.17) is 4.74 Å². The second kappa shape index (κ2) is 8.20. The highest BCUT2D eigenvalue weighted by molar-refractivity contribution is 5.85. The lowest BCUT2D eigenvalue weighted by Crippen LogP contribution is -2.43. The number of rotatable bonds is 7. The van der Waals surface area contributed by atoms with Crippen LogP contribution in [0.5, 0.6) is 0 Å². The van der Waals surface area contributed by atoms with Crippen molar-refractivity contribution in [2.24, 2.45) is 11.3 Å². The molecule has 0 aromatic heterocycles. The second-order valence-corrected chi connectivity index (χ2v) is 6.24. The molecule has 20 heavy (non-hydrogen) atoms. The molecule has 1 amide bonds. The molecule has 0 aromatic rings. The van der Waals surface area contributed by atoms with Crippen LogP contribution in [0.25, 0.3) is 0 Å². The molecule has 5 heteroatoms. The van der Waals surface area contributed by atoms with Gasteiger partial charge < -0.3 is 15.4 Å². The van der Waals surface area contributed by atoms with E-state index in [1.165, 1.54) is 12.8 Å². The molecular formula is C15H29ClN2O2. The minimum Gasteiger partial charge on any atom is -0.382 e. The lowest BCUT2D eigenvalue weighted by molar-refractivity contribution is -0.126. The lowest BCUT2D eigenvalue weighted by atomic mass is 9.92. The predicted octanol–water partition coefficient (Wildman–Crippen LogP) is 2.12. The topological polar surface area (TPSA) is 50.4 Å². The van der Waals surface area contributed by atoms with Crippen LogP contribution in [-0.2, 0) is 9.53 Å². The molecule has 2 N–H and O–H groups in total. The van der Waals surface area contributed by atoms with Crippen LogP contribution in [0, 0.1) is 11.3 Å². The molecular weight excluding hydrogens is 276 g/mol. The summed E-state index contributed by atoms with van der Waals surface area (Å²) in [7, 11) is 0. The molecule has 1 heterocycles. The van der Waals surface area contributed by atoms with Crippen LogP contribution in [-0.4, -0.2) is 38.3 Å². The zero-order valence-electron chi connectivity index (χ0n) is 12.7. The SMILES string of the molecule is CCOCCC1(CNC(=O)[C@H]2CCN[C@@H](C)C2)CC1.Cl. The number of halogens is 1. The second-order valence-electron chi connectivity index (χ2n) is 6.24. The molecule has 2 atom stereocenters. The van der Waals surface area contributed by atoms with Gasteiger partial charge in [-0.3, -0.25) is 4.79 Å². The van der Waals surface area contributed by atoms with Gasteiger partial charge in [0.1, 0.15) is 0 Å². The first-order valence-corrected chi connectivity index (χ1v) is 7.74. The van der Waals surface area contributed by atoms with Crippen molar-refractivity contribution >= 4 is 18.3 Å². The quantitative estimate of drug-likeness (QED) is 0.708. The van der Waals surface area contributed by atoms with Gasteiger partial charge in [-0.15, -0.1) is 12.4 Å². The molecule has 0 bridgehead atoms. The summed E-state index contributed by atoms with van der Waals surface area (Å²) >= 11 is 0. The van der Waals surface area contributed by atoms with Gasteiger partial charge in [-0.2, -0.15) is 0 Å². The number of hydrogen-bond acceptors (Lipinski definition) is 3. The number of carbonyl (C=O) groups is 1. The molecule has 1 saturated heterocycles. The van der Waals surface area contributed by atoms with Crippen molar-refractivity contribution in [1.29, 1.82) is 0 Å². The van der Waals surface area contributed by atoms with Crippen LogP contribution in [0.15, 0.2) is 0 Å². The fraction of sp³-hybridized carbons (Fsp3) is 0.933. The van der Waals surface area contributed by atoms with Gasteiger partial charge in [0.2, 0.25) is 5.91 Å². The van der Waals surface area contributed by atoms with E-state index >= 15 is 0 Å². The molecule has 0 aromatic carbocycles. The van der Waals surface area contributed by atoms with Crippen LogP contribution >= 0.6 is 12.4 Å². The Morgan fingerprint density at radius 1 is 1.45 bits per heavy atom. The average molecular weight is 305 g/mol. The highest BCUT2D eigenvalue weighted by atomic mass is 35.5. The molecule has 0 radical (unpaired) electrons.